The number of nitrogens with zero attached hydrogens (tertiary/aromatic N) is 5. The van der Waals surface area contributed by atoms with E-state index in [2.05, 4.69) is 45.9 Å². The summed E-state index contributed by atoms with van der Waals surface area (Å²) in [6, 6.07) is 11.5. The summed E-state index contributed by atoms with van der Waals surface area (Å²) < 4.78 is 41.8. The van der Waals surface area contributed by atoms with Crippen LogP contribution >= 0.6 is 0 Å². The zero-order valence-corrected chi connectivity index (χ0v) is 24.0. The van der Waals surface area contributed by atoms with Gasteiger partial charge in [-0.15, -0.1) is 0 Å². The van der Waals surface area contributed by atoms with Gasteiger partial charge in [0.15, 0.2) is 0 Å². The van der Waals surface area contributed by atoms with Crippen molar-refractivity contribution in [3.8, 4) is 11.3 Å². The van der Waals surface area contributed by atoms with Crippen LogP contribution in [0.1, 0.15) is 43.9 Å². The standard InChI is InChI=1S/C29H34FN7O2S/c1-5-19-16-24(22-14-15-27(32-18(22)2)36-40(38,39)26-9-7-6-8-23(26)30)34-25-17-31-29(35-28(19)25)33-20-10-12-21(13-11-20)37(3)4/h6-9,14-17,20-21H,5,10-13H2,1-4H3,(H,32,36)(H,31,33,35). The molecular weight excluding hydrogens is 529 g/mol. The number of aryl methyl sites for hydroxylation is 2. The van der Waals surface area contributed by atoms with Gasteiger partial charge in [-0.1, -0.05) is 19.1 Å². The van der Waals surface area contributed by atoms with Gasteiger partial charge in [-0.25, -0.2) is 32.7 Å². The van der Waals surface area contributed by atoms with Crippen molar-refractivity contribution in [2.45, 2.75) is 62.9 Å². The lowest BCUT2D eigenvalue weighted by Crippen LogP contribution is -2.36. The Morgan fingerprint density at radius 3 is 2.45 bits per heavy atom. The lowest BCUT2D eigenvalue weighted by molar-refractivity contribution is 0.221. The second-order valence-electron chi connectivity index (χ2n) is 10.4. The Morgan fingerprint density at radius 2 is 1.77 bits per heavy atom. The van der Waals surface area contributed by atoms with Crippen LogP contribution in [0.5, 0.6) is 0 Å². The van der Waals surface area contributed by atoms with Gasteiger partial charge in [0.05, 0.1) is 17.4 Å². The Hall–Kier alpha value is -3.70. The summed E-state index contributed by atoms with van der Waals surface area (Å²) in [5.74, 6) is -0.109. The van der Waals surface area contributed by atoms with E-state index in [0.29, 0.717) is 34.9 Å². The van der Waals surface area contributed by atoms with Crippen molar-refractivity contribution in [2.24, 2.45) is 0 Å². The molecule has 1 saturated carbocycles. The first-order valence-electron chi connectivity index (χ1n) is 13.5. The SMILES string of the molecule is CCc1cc(-c2ccc(NS(=O)(=O)c3ccccc3F)nc2C)nc2cnc(NC3CCC(N(C)C)CC3)nc12. The van der Waals surface area contributed by atoms with Crippen molar-refractivity contribution in [1.82, 2.24) is 24.8 Å². The van der Waals surface area contributed by atoms with Gasteiger partial charge in [-0.3, -0.25) is 4.72 Å². The van der Waals surface area contributed by atoms with Crippen molar-refractivity contribution in [1.29, 1.82) is 0 Å². The first-order valence-corrected chi connectivity index (χ1v) is 15.0. The highest BCUT2D eigenvalue weighted by atomic mass is 32.2. The Labute approximate surface area is 234 Å². The van der Waals surface area contributed by atoms with E-state index in [1.54, 1.807) is 25.3 Å². The molecule has 1 fully saturated rings. The van der Waals surface area contributed by atoms with Gasteiger partial charge in [0.25, 0.3) is 10.0 Å². The third kappa shape index (κ3) is 5.90. The van der Waals surface area contributed by atoms with Crippen molar-refractivity contribution in [3.63, 3.8) is 0 Å². The monoisotopic (exact) mass is 563 g/mol. The number of anilines is 2. The van der Waals surface area contributed by atoms with E-state index >= 15 is 0 Å². The van der Waals surface area contributed by atoms with Crippen LogP contribution < -0.4 is 10.0 Å². The number of hydrogen-bond donors (Lipinski definition) is 2. The fraction of sp³-hybridized carbons (Fsp3) is 0.379. The predicted octanol–water partition coefficient (Wildman–Crippen LogP) is 5.18. The van der Waals surface area contributed by atoms with Crippen molar-refractivity contribution < 1.29 is 12.8 Å². The molecule has 40 heavy (non-hydrogen) atoms. The highest BCUT2D eigenvalue weighted by molar-refractivity contribution is 7.92. The topological polar surface area (TPSA) is 113 Å². The van der Waals surface area contributed by atoms with Crippen LogP contribution in [-0.4, -0.2) is 59.4 Å². The number of benzene rings is 1. The molecule has 5 rings (SSSR count). The average Bonchev–Trinajstić information content (AvgIpc) is 2.93. The van der Waals surface area contributed by atoms with E-state index in [4.69, 9.17) is 9.97 Å². The van der Waals surface area contributed by atoms with E-state index in [0.717, 1.165) is 54.8 Å². The Bertz CT molecular complexity index is 1640. The number of hydrogen-bond acceptors (Lipinski definition) is 8. The smallest absolute Gasteiger partial charge is 0.265 e. The summed E-state index contributed by atoms with van der Waals surface area (Å²) in [4.78, 5) is 20.5. The molecule has 1 aliphatic rings. The number of halogens is 1. The molecule has 1 aliphatic carbocycles. The second-order valence-corrected chi connectivity index (χ2v) is 12.1. The lowest BCUT2D eigenvalue weighted by atomic mass is 9.91. The molecule has 9 nitrogen and oxygen atoms in total. The Morgan fingerprint density at radius 1 is 1.02 bits per heavy atom. The molecule has 0 radical (unpaired) electrons. The fourth-order valence-corrected chi connectivity index (χ4v) is 6.31. The third-order valence-electron chi connectivity index (χ3n) is 7.49. The highest BCUT2D eigenvalue weighted by Gasteiger charge is 2.23. The van der Waals surface area contributed by atoms with Crippen LogP contribution in [-0.2, 0) is 16.4 Å². The van der Waals surface area contributed by atoms with Gasteiger partial charge in [-0.2, -0.15) is 0 Å². The van der Waals surface area contributed by atoms with Gasteiger partial charge in [0.1, 0.15) is 22.0 Å². The quantitative estimate of drug-likeness (QED) is 0.302. The first kappa shape index (κ1) is 27.9. The molecule has 3 aromatic heterocycles. The molecule has 4 aromatic rings. The van der Waals surface area contributed by atoms with Gasteiger partial charge < -0.3 is 10.2 Å². The normalized spacial score (nSPS) is 17.8. The molecule has 3 heterocycles. The minimum Gasteiger partial charge on any atom is -0.351 e. The molecule has 0 amide bonds. The zero-order valence-electron chi connectivity index (χ0n) is 23.1. The van der Waals surface area contributed by atoms with Crippen molar-refractivity contribution in [3.05, 3.63) is 65.7 Å². The van der Waals surface area contributed by atoms with E-state index in [1.807, 2.05) is 6.07 Å². The minimum atomic E-state index is -4.13. The lowest BCUT2D eigenvalue weighted by Gasteiger charge is -2.32. The van der Waals surface area contributed by atoms with Crippen LogP contribution in [0.15, 0.2) is 53.6 Å². The zero-order chi connectivity index (χ0) is 28.4. The molecule has 0 spiro atoms. The summed E-state index contributed by atoms with van der Waals surface area (Å²) in [6.45, 7) is 3.85. The van der Waals surface area contributed by atoms with Crippen LogP contribution in [0.25, 0.3) is 22.3 Å². The number of nitrogens with one attached hydrogen (secondary N) is 2. The van der Waals surface area contributed by atoms with Crippen LogP contribution in [0.3, 0.4) is 0 Å². The summed E-state index contributed by atoms with van der Waals surface area (Å²) in [5.41, 5.74) is 4.56. The van der Waals surface area contributed by atoms with Crippen LogP contribution in [0.4, 0.5) is 16.2 Å². The maximum Gasteiger partial charge on any atom is 0.265 e. The summed E-state index contributed by atoms with van der Waals surface area (Å²) in [6.07, 6.45) is 6.98. The number of fused-ring (bicyclic) bond motifs is 1. The molecule has 1 aromatic carbocycles. The van der Waals surface area contributed by atoms with E-state index in [9.17, 15) is 12.8 Å². The number of sulfonamides is 1. The van der Waals surface area contributed by atoms with E-state index < -0.39 is 20.7 Å². The molecule has 2 N–H and O–H groups in total. The Kier molecular flexibility index (Phi) is 7.95. The van der Waals surface area contributed by atoms with E-state index in [1.165, 1.54) is 18.2 Å². The summed E-state index contributed by atoms with van der Waals surface area (Å²) in [7, 11) is 0.151. The second kappa shape index (κ2) is 11.4. The average molecular weight is 564 g/mol. The third-order valence-corrected chi connectivity index (χ3v) is 8.88. The minimum absolute atomic E-state index is 0.0969. The van der Waals surface area contributed by atoms with E-state index in [-0.39, 0.29) is 5.82 Å². The van der Waals surface area contributed by atoms with Crippen LogP contribution in [0.2, 0.25) is 0 Å². The number of pyridine rings is 2. The molecule has 0 bridgehead atoms. The van der Waals surface area contributed by atoms with Gasteiger partial charge in [-0.05, 0) is 89.0 Å². The van der Waals surface area contributed by atoms with Crippen LogP contribution in [0, 0.1) is 12.7 Å². The largest absolute Gasteiger partial charge is 0.351 e. The highest BCUT2D eigenvalue weighted by Crippen LogP contribution is 2.29. The van der Waals surface area contributed by atoms with Gasteiger partial charge >= 0.3 is 0 Å². The molecular formula is C29H34FN7O2S. The Balaban J connectivity index is 1.37. The summed E-state index contributed by atoms with van der Waals surface area (Å²) >= 11 is 0. The van der Waals surface area contributed by atoms with Crippen molar-refractivity contribution in [2.75, 3.05) is 24.1 Å². The van der Waals surface area contributed by atoms with Crippen molar-refractivity contribution >= 4 is 32.8 Å². The molecule has 210 valence electrons. The molecule has 11 heteroatoms. The summed E-state index contributed by atoms with van der Waals surface area (Å²) in [5, 5.41) is 3.52. The van der Waals surface area contributed by atoms with Gasteiger partial charge in [0.2, 0.25) is 5.95 Å². The van der Waals surface area contributed by atoms with Gasteiger partial charge in [0, 0.05) is 23.3 Å². The number of rotatable bonds is 8. The molecule has 0 atom stereocenters. The maximum absolute atomic E-state index is 14.1. The fourth-order valence-electron chi connectivity index (χ4n) is 5.23. The molecule has 0 aliphatic heterocycles. The number of aromatic nitrogens is 4. The molecule has 0 saturated heterocycles. The predicted molar refractivity (Wildman–Crippen MR) is 155 cm³/mol. The maximum atomic E-state index is 14.1. The first-order chi connectivity index (χ1) is 19.1. The molecule has 0 unspecified atom stereocenters.